The molecule has 2 N–H and O–H groups in total. The Morgan fingerprint density at radius 3 is 2.79 bits per heavy atom. The third kappa shape index (κ3) is 7.22. The Balaban J connectivity index is 2.43. The number of nitrogens with zero attached hydrogens (tertiary/aromatic N) is 1. The summed E-state index contributed by atoms with van der Waals surface area (Å²) in [6.07, 6.45) is 4.34. The van der Waals surface area contributed by atoms with Gasteiger partial charge in [-0.1, -0.05) is 42.6 Å². The zero-order valence-corrected chi connectivity index (χ0v) is 15.1. The second-order valence-electron chi connectivity index (χ2n) is 5.00. The molecule has 7 heteroatoms. The molecule has 0 unspecified atom stereocenters. The van der Waals surface area contributed by atoms with Gasteiger partial charge in [0.2, 0.25) is 0 Å². The molecule has 24 heavy (non-hydrogen) atoms. The highest BCUT2D eigenvalue weighted by atomic mass is 35.5. The topological polar surface area (TPSA) is 74.1 Å². The van der Waals surface area contributed by atoms with Gasteiger partial charge in [0.15, 0.2) is 0 Å². The van der Waals surface area contributed by atoms with Crippen molar-refractivity contribution < 1.29 is 9.53 Å². The number of rotatable bonds is 10. The highest BCUT2D eigenvalue weighted by Gasteiger charge is 2.12. The van der Waals surface area contributed by atoms with Crippen LogP contribution < -0.4 is 10.6 Å². The number of unbranched alkanes of at least 4 members (excludes halogenated alkanes) is 1. The van der Waals surface area contributed by atoms with E-state index >= 15 is 0 Å². The van der Waals surface area contributed by atoms with Crippen LogP contribution in [0.3, 0.4) is 0 Å². The van der Waals surface area contributed by atoms with Gasteiger partial charge in [-0.05, 0) is 25.0 Å². The number of hydrogen-bond acceptors (Lipinski definition) is 4. The number of carbonyl (C=O) groups excluding carboxylic acids is 1. The van der Waals surface area contributed by atoms with Crippen molar-refractivity contribution in [2.45, 2.75) is 26.2 Å². The lowest BCUT2D eigenvalue weighted by Crippen LogP contribution is -2.18. The van der Waals surface area contributed by atoms with E-state index in [1.165, 1.54) is 6.20 Å². The maximum Gasteiger partial charge on any atom is 0.267 e. The summed E-state index contributed by atoms with van der Waals surface area (Å²) in [4.78, 5) is 12.1. The maximum absolute atomic E-state index is 12.1. The summed E-state index contributed by atoms with van der Waals surface area (Å²) >= 11 is 11.9. The van der Waals surface area contributed by atoms with Crippen LogP contribution in [0.5, 0.6) is 0 Å². The van der Waals surface area contributed by atoms with Gasteiger partial charge in [-0.15, -0.1) is 0 Å². The van der Waals surface area contributed by atoms with Gasteiger partial charge in [0.1, 0.15) is 11.6 Å². The van der Waals surface area contributed by atoms with Gasteiger partial charge in [0, 0.05) is 26.0 Å². The molecule has 0 fully saturated rings. The molecule has 0 spiro atoms. The predicted molar refractivity (Wildman–Crippen MR) is 97.1 cm³/mol. The molecule has 0 aliphatic carbocycles. The van der Waals surface area contributed by atoms with Crippen molar-refractivity contribution in [1.29, 1.82) is 5.26 Å². The van der Waals surface area contributed by atoms with Gasteiger partial charge in [0.05, 0.1) is 15.7 Å². The molecule has 0 atom stereocenters. The molecule has 0 aliphatic rings. The minimum Gasteiger partial charge on any atom is -0.390 e. The molecule has 1 aromatic carbocycles. The van der Waals surface area contributed by atoms with Gasteiger partial charge in [-0.2, -0.15) is 5.26 Å². The Hall–Kier alpha value is -1.74. The van der Waals surface area contributed by atoms with E-state index in [1.54, 1.807) is 18.2 Å². The summed E-state index contributed by atoms with van der Waals surface area (Å²) in [5.41, 5.74) is 0.317. The molecule has 0 aliphatic heterocycles. The van der Waals surface area contributed by atoms with Crippen molar-refractivity contribution in [1.82, 2.24) is 5.32 Å². The SMILES string of the molecule is CCCCOCCCN/C=C(/C#N)C(=O)Nc1cccc(Cl)c1Cl. The highest BCUT2D eigenvalue weighted by Crippen LogP contribution is 2.29. The number of anilines is 1. The second-order valence-corrected chi connectivity index (χ2v) is 5.78. The number of nitrogens with one attached hydrogen (secondary N) is 2. The summed E-state index contributed by atoms with van der Waals surface area (Å²) in [5, 5.41) is 15.2. The van der Waals surface area contributed by atoms with Crippen molar-refractivity contribution in [3.05, 3.63) is 40.0 Å². The Labute approximate surface area is 152 Å². The van der Waals surface area contributed by atoms with Gasteiger partial charge in [-0.3, -0.25) is 4.79 Å². The minimum atomic E-state index is -0.548. The van der Waals surface area contributed by atoms with Crippen LogP contribution in [0.2, 0.25) is 10.0 Å². The lowest BCUT2D eigenvalue weighted by molar-refractivity contribution is -0.112. The molecule has 1 amide bonds. The van der Waals surface area contributed by atoms with Crippen molar-refractivity contribution >= 4 is 34.8 Å². The first kappa shape index (κ1) is 20.3. The summed E-state index contributed by atoms with van der Waals surface area (Å²) in [7, 11) is 0. The van der Waals surface area contributed by atoms with E-state index in [0.29, 0.717) is 23.9 Å². The Morgan fingerprint density at radius 1 is 1.33 bits per heavy atom. The van der Waals surface area contributed by atoms with Crippen LogP contribution in [0.25, 0.3) is 0 Å². The largest absolute Gasteiger partial charge is 0.390 e. The van der Waals surface area contributed by atoms with E-state index in [4.69, 9.17) is 33.2 Å². The molecule has 0 saturated heterocycles. The predicted octanol–water partition coefficient (Wildman–Crippen LogP) is 4.14. The normalized spacial score (nSPS) is 11.0. The van der Waals surface area contributed by atoms with E-state index in [-0.39, 0.29) is 10.6 Å². The van der Waals surface area contributed by atoms with Crippen LogP contribution in [0.1, 0.15) is 26.2 Å². The first-order valence-corrected chi connectivity index (χ1v) is 8.52. The van der Waals surface area contributed by atoms with Crippen molar-refractivity contribution in [2.24, 2.45) is 0 Å². The van der Waals surface area contributed by atoms with E-state index in [1.807, 2.05) is 6.07 Å². The highest BCUT2D eigenvalue weighted by molar-refractivity contribution is 6.44. The van der Waals surface area contributed by atoms with Crippen molar-refractivity contribution in [2.75, 3.05) is 25.1 Å². The quantitative estimate of drug-likeness (QED) is 0.369. The molecule has 0 aromatic heterocycles. The molecule has 130 valence electrons. The van der Waals surface area contributed by atoms with Crippen LogP contribution in [-0.2, 0) is 9.53 Å². The van der Waals surface area contributed by atoms with Gasteiger partial charge in [-0.25, -0.2) is 0 Å². The fraction of sp³-hybridized carbons (Fsp3) is 0.412. The Kier molecular flexibility index (Phi) is 9.94. The molecule has 0 bridgehead atoms. The number of hydrogen-bond donors (Lipinski definition) is 2. The third-order valence-corrected chi connectivity index (χ3v) is 3.88. The number of carbonyl (C=O) groups is 1. The van der Waals surface area contributed by atoms with E-state index in [2.05, 4.69) is 17.6 Å². The fourth-order valence-corrected chi connectivity index (χ4v) is 2.09. The number of halogens is 2. The van der Waals surface area contributed by atoms with Crippen molar-refractivity contribution in [3.63, 3.8) is 0 Å². The van der Waals surface area contributed by atoms with Crippen LogP contribution >= 0.6 is 23.2 Å². The molecule has 0 heterocycles. The Bertz CT molecular complexity index is 612. The summed E-state index contributed by atoms with van der Waals surface area (Å²) in [6, 6.07) is 6.75. The lowest BCUT2D eigenvalue weighted by atomic mass is 10.2. The second kappa shape index (κ2) is 11.7. The summed E-state index contributed by atoms with van der Waals surface area (Å²) in [5.74, 6) is -0.548. The zero-order valence-electron chi connectivity index (χ0n) is 13.6. The summed E-state index contributed by atoms with van der Waals surface area (Å²) < 4.78 is 5.43. The average Bonchev–Trinajstić information content (AvgIpc) is 2.57. The molecule has 5 nitrogen and oxygen atoms in total. The molecular weight excluding hydrogens is 349 g/mol. The molecule has 0 radical (unpaired) electrons. The average molecular weight is 370 g/mol. The van der Waals surface area contributed by atoms with Gasteiger partial charge in [0.25, 0.3) is 5.91 Å². The molecule has 1 aromatic rings. The minimum absolute atomic E-state index is 0.0436. The molecule has 0 saturated carbocycles. The number of amides is 1. The number of benzene rings is 1. The van der Waals surface area contributed by atoms with Gasteiger partial charge >= 0.3 is 0 Å². The van der Waals surface area contributed by atoms with Crippen LogP contribution in [0.15, 0.2) is 30.0 Å². The first-order chi connectivity index (χ1) is 11.6. The Morgan fingerprint density at radius 2 is 2.08 bits per heavy atom. The lowest BCUT2D eigenvalue weighted by Gasteiger charge is -2.08. The van der Waals surface area contributed by atoms with Crippen LogP contribution in [0, 0.1) is 11.3 Å². The monoisotopic (exact) mass is 369 g/mol. The van der Waals surface area contributed by atoms with Crippen LogP contribution in [-0.4, -0.2) is 25.7 Å². The third-order valence-electron chi connectivity index (χ3n) is 3.06. The first-order valence-electron chi connectivity index (χ1n) is 7.77. The van der Waals surface area contributed by atoms with Crippen molar-refractivity contribution in [3.8, 4) is 6.07 Å². The number of nitriles is 1. The summed E-state index contributed by atoms with van der Waals surface area (Å²) in [6.45, 7) is 4.13. The number of ether oxygens (including phenoxy) is 1. The zero-order chi connectivity index (χ0) is 17.8. The van der Waals surface area contributed by atoms with E-state index in [0.717, 1.165) is 25.9 Å². The van der Waals surface area contributed by atoms with Crippen LogP contribution in [0.4, 0.5) is 5.69 Å². The fourth-order valence-electron chi connectivity index (χ4n) is 1.74. The van der Waals surface area contributed by atoms with Gasteiger partial charge < -0.3 is 15.4 Å². The maximum atomic E-state index is 12.1. The smallest absolute Gasteiger partial charge is 0.267 e. The van der Waals surface area contributed by atoms with E-state index in [9.17, 15) is 4.79 Å². The standard InChI is InChI=1S/C17H21Cl2N3O2/c1-2-3-9-24-10-5-8-21-12-13(11-20)17(23)22-15-7-4-6-14(18)16(15)19/h4,6-7,12,21H,2-3,5,8-10H2,1H3,(H,22,23)/b13-12-. The molecule has 1 rings (SSSR count). The van der Waals surface area contributed by atoms with E-state index < -0.39 is 5.91 Å². The molecular formula is C17H21Cl2N3O2.